The number of sulfonamides is 1. The Bertz CT molecular complexity index is 1670. The Balaban J connectivity index is 1.42. The molecule has 12 nitrogen and oxygen atoms in total. The van der Waals surface area contributed by atoms with Gasteiger partial charge in [-0.3, -0.25) is 19.0 Å². The molecule has 35 heavy (non-hydrogen) atoms. The van der Waals surface area contributed by atoms with Crippen molar-refractivity contribution in [2.45, 2.75) is 18.0 Å². The summed E-state index contributed by atoms with van der Waals surface area (Å²) in [6.45, 7) is 0.189. The van der Waals surface area contributed by atoms with Crippen LogP contribution in [0, 0.1) is 0 Å². The fraction of sp³-hybridized carbons (Fsp3) is 0.136. The van der Waals surface area contributed by atoms with E-state index in [-0.39, 0.29) is 34.6 Å². The zero-order valence-corrected chi connectivity index (χ0v) is 19.1. The van der Waals surface area contributed by atoms with Gasteiger partial charge >= 0.3 is 0 Å². The first-order chi connectivity index (χ1) is 16.8. The van der Waals surface area contributed by atoms with E-state index in [0.717, 1.165) is 0 Å². The van der Waals surface area contributed by atoms with Crippen LogP contribution in [0.5, 0.6) is 0 Å². The van der Waals surface area contributed by atoms with Crippen LogP contribution < -0.4 is 10.9 Å². The minimum absolute atomic E-state index is 0.0365. The van der Waals surface area contributed by atoms with Crippen molar-refractivity contribution >= 4 is 32.7 Å². The number of hydrogen-bond donors (Lipinski definition) is 1. The summed E-state index contributed by atoms with van der Waals surface area (Å²) in [6, 6.07) is 9.12. The number of nitrogens with one attached hydrogen (secondary N) is 1. The Kier molecular flexibility index (Phi) is 5.32. The smallest absolute Gasteiger partial charge is 0.270 e. The fourth-order valence-corrected chi connectivity index (χ4v) is 4.95. The lowest BCUT2D eigenvalue weighted by atomic mass is 10.1. The molecular weight excluding hydrogens is 474 g/mol. The lowest BCUT2D eigenvalue weighted by Gasteiger charge is -2.09. The second kappa shape index (κ2) is 8.36. The molecule has 1 aliphatic rings. The summed E-state index contributed by atoms with van der Waals surface area (Å²) in [4.78, 5) is 46.2. The van der Waals surface area contributed by atoms with Crippen molar-refractivity contribution in [1.29, 1.82) is 0 Å². The van der Waals surface area contributed by atoms with Gasteiger partial charge in [0.05, 0.1) is 47.8 Å². The summed E-state index contributed by atoms with van der Waals surface area (Å²) in [5.41, 5.74) is 1.09. The predicted octanol–water partition coefficient (Wildman–Crippen LogP) is 0.334. The maximum atomic E-state index is 13.1. The van der Waals surface area contributed by atoms with E-state index in [4.69, 9.17) is 0 Å². The molecule has 0 saturated carbocycles. The highest BCUT2D eigenvalue weighted by molar-refractivity contribution is 7.90. The quantitative estimate of drug-likeness (QED) is 0.415. The third-order valence-corrected chi connectivity index (χ3v) is 7.35. The van der Waals surface area contributed by atoms with Crippen LogP contribution in [0.4, 0.5) is 0 Å². The Morgan fingerprint density at radius 1 is 1.11 bits per heavy atom. The lowest BCUT2D eigenvalue weighted by Crippen LogP contribution is -2.26. The Morgan fingerprint density at radius 2 is 1.94 bits per heavy atom. The molecule has 0 unspecified atom stereocenters. The first-order valence-electron chi connectivity index (χ1n) is 10.3. The number of rotatable bonds is 5. The second-order valence-corrected chi connectivity index (χ2v) is 9.71. The highest BCUT2D eigenvalue weighted by Crippen LogP contribution is 2.29. The number of carbonyl (C=O) groups is 2. The van der Waals surface area contributed by atoms with Crippen LogP contribution in [0.3, 0.4) is 0 Å². The second-order valence-electron chi connectivity index (χ2n) is 7.77. The van der Waals surface area contributed by atoms with Crippen LogP contribution >= 0.6 is 0 Å². The zero-order valence-electron chi connectivity index (χ0n) is 18.2. The molecule has 5 rings (SSSR count). The minimum atomic E-state index is -3.84. The molecule has 1 N–H and O–H groups in total. The number of fused-ring (bicyclic) bond motifs is 2. The molecular formula is C22H17N7O5S. The summed E-state index contributed by atoms with van der Waals surface area (Å²) in [5, 5.41) is 10.5. The average molecular weight is 491 g/mol. The largest absolute Gasteiger partial charge is 0.345 e. The van der Waals surface area contributed by atoms with Crippen LogP contribution in [-0.4, -0.2) is 56.3 Å². The maximum Gasteiger partial charge on any atom is 0.270 e. The average Bonchev–Trinajstić information content (AvgIpc) is 3.04. The highest BCUT2D eigenvalue weighted by atomic mass is 32.2. The number of benzene rings is 1. The van der Waals surface area contributed by atoms with Crippen LogP contribution in [0.1, 0.15) is 32.1 Å². The van der Waals surface area contributed by atoms with Crippen LogP contribution in [0.2, 0.25) is 0 Å². The molecule has 0 saturated heterocycles. The van der Waals surface area contributed by atoms with Crippen molar-refractivity contribution in [3.63, 3.8) is 0 Å². The summed E-state index contributed by atoms with van der Waals surface area (Å²) in [6.07, 6.45) is 4.19. The molecule has 0 aliphatic carbocycles. The van der Waals surface area contributed by atoms with Gasteiger partial charge in [-0.2, -0.15) is 10.2 Å². The first kappa shape index (κ1) is 22.3. The van der Waals surface area contributed by atoms with Crippen molar-refractivity contribution in [3.05, 3.63) is 88.0 Å². The van der Waals surface area contributed by atoms with E-state index in [1.165, 1.54) is 54.6 Å². The molecule has 2 amide bonds. The van der Waals surface area contributed by atoms with Crippen molar-refractivity contribution in [2.24, 2.45) is 0 Å². The van der Waals surface area contributed by atoms with Crippen molar-refractivity contribution in [3.8, 4) is 0 Å². The summed E-state index contributed by atoms with van der Waals surface area (Å²) >= 11 is 0. The van der Waals surface area contributed by atoms with Gasteiger partial charge in [-0.15, -0.1) is 0 Å². The third kappa shape index (κ3) is 3.91. The number of aromatic nitrogens is 5. The van der Waals surface area contributed by atoms with Crippen molar-refractivity contribution < 1.29 is 18.0 Å². The first-order valence-corrected chi connectivity index (χ1v) is 11.8. The van der Waals surface area contributed by atoms with Gasteiger partial charge in [0.25, 0.3) is 27.4 Å². The van der Waals surface area contributed by atoms with E-state index in [1.54, 1.807) is 12.1 Å². The summed E-state index contributed by atoms with van der Waals surface area (Å²) in [5.74, 6) is -1.12. The highest BCUT2D eigenvalue weighted by Gasteiger charge is 2.38. The van der Waals surface area contributed by atoms with Gasteiger partial charge in [0.1, 0.15) is 10.6 Å². The molecule has 4 heterocycles. The van der Waals surface area contributed by atoms with E-state index in [9.17, 15) is 22.8 Å². The van der Waals surface area contributed by atoms with E-state index >= 15 is 0 Å². The van der Waals surface area contributed by atoms with Gasteiger partial charge in [-0.05, 0) is 35.9 Å². The number of pyridine rings is 1. The number of hydrogen-bond acceptors (Lipinski definition) is 9. The summed E-state index contributed by atoms with van der Waals surface area (Å²) in [7, 11) is -2.65. The SMILES string of the molecule is CN1C(=O)c2cc(Cn3cnc4cnc(C(=O)NCc5cccnn5)cc4c3=O)ccc2S1(=O)=O. The molecule has 0 atom stereocenters. The molecule has 1 aliphatic heterocycles. The Hall–Kier alpha value is -4.52. The van der Waals surface area contributed by atoms with Gasteiger partial charge < -0.3 is 5.32 Å². The molecule has 1 aromatic carbocycles. The van der Waals surface area contributed by atoms with Crippen molar-refractivity contribution in [1.82, 2.24) is 34.4 Å². The Labute approximate surface area is 198 Å². The number of amides is 2. The van der Waals surface area contributed by atoms with E-state index in [2.05, 4.69) is 25.5 Å². The molecule has 0 spiro atoms. The monoisotopic (exact) mass is 491 g/mol. The number of nitrogens with zero attached hydrogens (tertiary/aromatic N) is 6. The molecule has 3 aromatic heterocycles. The molecule has 13 heteroatoms. The predicted molar refractivity (Wildman–Crippen MR) is 122 cm³/mol. The van der Waals surface area contributed by atoms with Gasteiger partial charge in [0.15, 0.2) is 0 Å². The molecule has 4 aromatic rings. The van der Waals surface area contributed by atoms with E-state index < -0.39 is 27.4 Å². The molecule has 0 bridgehead atoms. The molecule has 0 radical (unpaired) electrons. The minimum Gasteiger partial charge on any atom is -0.345 e. The normalized spacial score (nSPS) is 14.2. The number of carbonyl (C=O) groups excluding carboxylic acids is 2. The van der Waals surface area contributed by atoms with E-state index in [1.807, 2.05) is 0 Å². The standard InChI is InChI=1S/C22H17N7O5S/c1-28-21(31)16-7-13(4-5-19(16)35(28,33)34)11-29-12-25-18-10-23-17(8-15(18)22(29)32)20(30)24-9-14-3-2-6-26-27-14/h2-8,10,12H,9,11H2,1H3,(H,24,30). The summed E-state index contributed by atoms with van der Waals surface area (Å²) < 4.78 is 26.5. The lowest BCUT2D eigenvalue weighted by molar-refractivity contribution is 0.0890. The topological polar surface area (TPSA) is 157 Å². The van der Waals surface area contributed by atoms with Crippen molar-refractivity contribution in [2.75, 3.05) is 7.05 Å². The van der Waals surface area contributed by atoms with Gasteiger partial charge in [0.2, 0.25) is 0 Å². The Morgan fingerprint density at radius 3 is 2.71 bits per heavy atom. The fourth-order valence-electron chi connectivity index (χ4n) is 3.68. The van der Waals surface area contributed by atoms with Crippen LogP contribution in [0.15, 0.2) is 64.8 Å². The zero-order chi connectivity index (χ0) is 24.7. The van der Waals surface area contributed by atoms with Gasteiger partial charge in [-0.1, -0.05) is 6.07 Å². The molecule has 176 valence electrons. The maximum absolute atomic E-state index is 13.1. The third-order valence-electron chi connectivity index (χ3n) is 5.55. The van der Waals surface area contributed by atoms with Gasteiger partial charge in [0, 0.05) is 13.2 Å². The van der Waals surface area contributed by atoms with Crippen LogP contribution in [0.25, 0.3) is 10.9 Å². The molecule has 0 fully saturated rings. The van der Waals surface area contributed by atoms with E-state index in [0.29, 0.717) is 21.1 Å². The van der Waals surface area contributed by atoms with Crippen LogP contribution in [-0.2, 0) is 23.1 Å². The van der Waals surface area contributed by atoms with Gasteiger partial charge in [-0.25, -0.2) is 22.7 Å².